The average Bonchev–Trinajstić information content (AvgIpc) is 2.63. The van der Waals surface area contributed by atoms with Crippen LogP contribution in [0.25, 0.3) is 0 Å². The van der Waals surface area contributed by atoms with Crippen LogP contribution in [0.1, 0.15) is 31.9 Å². The lowest BCUT2D eigenvalue weighted by molar-refractivity contribution is -0.148. The van der Waals surface area contributed by atoms with Crippen molar-refractivity contribution in [3.8, 4) is 0 Å². The average molecular weight is 433 g/mol. The summed E-state index contributed by atoms with van der Waals surface area (Å²) in [4.78, 5) is 30.8. The molecule has 0 saturated carbocycles. The third kappa shape index (κ3) is 4.80. The van der Waals surface area contributed by atoms with Crippen LogP contribution in [0, 0.1) is 5.92 Å². The van der Waals surface area contributed by atoms with E-state index in [1.54, 1.807) is 19.1 Å². The molecule has 7 heteroatoms. The van der Waals surface area contributed by atoms with Crippen LogP contribution in [0.2, 0.25) is 10.0 Å². The first-order valence-electron chi connectivity index (χ1n) is 9.32. The summed E-state index contributed by atoms with van der Waals surface area (Å²) in [7, 11) is 0. The van der Waals surface area contributed by atoms with Crippen LogP contribution in [-0.2, 0) is 20.7 Å². The van der Waals surface area contributed by atoms with Crippen molar-refractivity contribution in [3.05, 3.63) is 63.6 Å². The molecule has 0 radical (unpaired) electrons. The minimum absolute atomic E-state index is 0.155. The molecule has 1 aliphatic heterocycles. The highest BCUT2D eigenvalue weighted by Gasteiger charge is 2.39. The van der Waals surface area contributed by atoms with Gasteiger partial charge in [-0.25, -0.2) is 0 Å². The van der Waals surface area contributed by atoms with Crippen LogP contribution in [0.4, 0.5) is 5.69 Å². The van der Waals surface area contributed by atoms with Gasteiger partial charge < -0.3 is 10.1 Å². The second kappa shape index (κ2) is 8.56. The van der Waals surface area contributed by atoms with Crippen molar-refractivity contribution in [1.82, 2.24) is 0 Å². The van der Waals surface area contributed by atoms with E-state index < -0.39 is 23.3 Å². The fourth-order valence-corrected chi connectivity index (χ4v) is 3.86. The number of aliphatic imine (C=N–C) groups is 1. The maximum atomic E-state index is 13.2. The molecule has 152 valence electrons. The molecule has 1 amide bonds. The Bertz CT molecular complexity index is 986. The number of halogens is 2. The lowest BCUT2D eigenvalue weighted by Crippen LogP contribution is -2.42. The molecule has 29 heavy (non-hydrogen) atoms. The highest BCUT2D eigenvalue weighted by molar-refractivity contribution is 6.37. The molecule has 0 saturated heterocycles. The first kappa shape index (κ1) is 21.3. The van der Waals surface area contributed by atoms with Crippen molar-refractivity contribution >= 4 is 46.5 Å². The molecule has 5 nitrogen and oxygen atoms in total. The van der Waals surface area contributed by atoms with E-state index in [4.69, 9.17) is 32.9 Å². The van der Waals surface area contributed by atoms with Gasteiger partial charge in [0.05, 0.1) is 28.6 Å². The van der Waals surface area contributed by atoms with Crippen LogP contribution in [0.5, 0.6) is 0 Å². The summed E-state index contributed by atoms with van der Waals surface area (Å²) in [5.41, 5.74) is 2.13. The summed E-state index contributed by atoms with van der Waals surface area (Å²) >= 11 is 12.1. The standard InChI is InChI=1S/C22H22Cl2N2O3/c1-4-29-21(28)18(20(27)25-17-10-9-14(23)11-16(17)24)19-15-8-6-5-7-13(15)12-22(2,3)26-19/h5-11,18H,4,12H2,1-3H3,(H,25,27). The second-order valence-corrected chi connectivity index (χ2v) is 8.29. The topological polar surface area (TPSA) is 67.8 Å². The number of nitrogens with zero attached hydrogens (tertiary/aromatic N) is 1. The number of amides is 1. The number of hydrogen-bond acceptors (Lipinski definition) is 4. The van der Waals surface area contributed by atoms with Crippen LogP contribution >= 0.6 is 23.2 Å². The molecule has 1 aliphatic rings. The van der Waals surface area contributed by atoms with Crippen LogP contribution < -0.4 is 5.32 Å². The van der Waals surface area contributed by atoms with Crippen molar-refractivity contribution in [3.63, 3.8) is 0 Å². The summed E-state index contributed by atoms with van der Waals surface area (Å²) in [5, 5.41) is 3.45. The Morgan fingerprint density at radius 3 is 2.62 bits per heavy atom. The number of esters is 1. The van der Waals surface area contributed by atoms with Crippen LogP contribution in [-0.4, -0.2) is 29.7 Å². The SMILES string of the molecule is CCOC(=O)C(C(=O)Nc1ccc(Cl)cc1Cl)C1=NC(C)(C)Cc2ccccc21. The fraction of sp³-hybridized carbons (Fsp3) is 0.318. The molecule has 0 aromatic heterocycles. The monoisotopic (exact) mass is 432 g/mol. The molecule has 2 aromatic carbocycles. The Balaban J connectivity index is 2.04. The van der Waals surface area contributed by atoms with E-state index in [-0.39, 0.29) is 11.6 Å². The zero-order valence-electron chi connectivity index (χ0n) is 16.5. The van der Waals surface area contributed by atoms with E-state index in [1.165, 1.54) is 6.07 Å². The second-order valence-electron chi connectivity index (χ2n) is 7.44. The predicted molar refractivity (Wildman–Crippen MR) is 116 cm³/mol. The fourth-order valence-electron chi connectivity index (χ4n) is 3.40. The van der Waals surface area contributed by atoms with Gasteiger partial charge in [-0.05, 0) is 51.0 Å². The molecule has 2 aromatic rings. The molecular weight excluding hydrogens is 411 g/mol. The minimum Gasteiger partial charge on any atom is -0.465 e. The molecule has 3 rings (SSSR count). The van der Waals surface area contributed by atoms with Gasteiger partial charge in [-0.2, -0.15) is 0 Å². The molecule has 0 spiro atoms. The first-order valence-corrected chi connectivity index (χ1v) is 10.1. The van der Waals surface area contributed by atoms with Gasteiger partial charge in [0.1, 0.15) is 0 Å². The third-order valence-corrected chi connectivity index (χ3v) is 5.13. The Morgan fingerprint density at radius 2 is 1.93 bits per heavy atom. The summed E-state index contributed by atoms with van der Waals surface area (Å²) in [5.74, 6) is -2.43. The smallest absolute Gasteiger partial charge is 0.324 e. The Labute approximate surface area is 180 Å². The quantitative estimate of drug-likeness (QED) is 0.537. The van der Waals surface area contributed by atoms with Crippen LogP contribution in [0.3, 0.4) is 0 Å². The molecule has 1 unspecified atom stereocenters. The number of carbonyl (C=O) groups is 2. The third-order valence-electron chi connectivity index (χ3n) is 4.59. The number of ether oxygens (including phenoxy) is 1. The van der Waals surface area contributed by atoms with E-state index in [0.29, 0.717) is 22.8 Å². The van der Waals surface area contributed by atoms with E-state index in [0.717, 1.165) is 11.1 Å². The Morgan fingerprint density at radius 1 is 1.21 bits per heavy atom. The van der Waals surface area contributed by atoms with Gasteiger partial charge in [-0.1, -0.05) is 47.5 Å². The summed E-state index contributed by atoms with van der Waals surface area (Å²) in [6.07, 6.45) is 0.715. The van der Waals surface area contributed by atoms with Crippen molar-refractivity contribution in [1.29, 1.82) is 0 Å². The van der Waals surface area contributed by atoms with Gasteiger partial charge in [-0.3, -0.25) is 14.6 Å². The van der Waals surface area contributed by atoms with E-state index in [2.05, 4.69) is 5.32 Å². The van der Waals surface area contributed by atoms with E-state index >= 15 is 0 Å². The van der Waals surface area contributed by atoms with E-state index in [9.17, 15) is 9.59 Å². The van der Waals surface area contributed by atoms with Crippen molar-refractivity contribution in [2.45, 2.75) is 32.7 Å². The number of carbonyl (C=O) groups excluding carboxylic acids is 2. The van der Waals surface area contributed by atoms with Gasteiger partial charge in [-0.15, -0.1) is 0 Å². The summed E-state index contributed by atoms with van der Waals surface area (Å²) in [6, 6.07) is 12.4. The highest BCUT2D eigenvalue weighted by atomic mass is 35.5. The number of anilines is 1. The maximum absolute atomic E-state index is 13.2. The Hall–Kier alpha value is -2.37. The van der Waals surface area contributed by atoms with Gasteiger partial charge >= 0.3 is 5.97 Å². The van der Waals surface area contributed by atoms with Crippen molar-refractivity contribution in [2.24, 2.45) is 10.9 Å². The normalized spacial score (nSPS) is 15.7. The molecule has 0 aliphatic carbocycles. The van der Waals surface area contributed by atoms with Gasteiger partial charge in [0.15, 0.2) is 5.92 Å². The predicted octanol–water partition coefficient (Wildman–Crippen LogP) is 4.94. The maximum Gasteiger partial charge on any atom is 0.324 e. The molecule has 1 heterocycles. The lowest BCUT2D eigenvalue weighted by Gasteiger charge is -2.31. The van der Waals surface area contributed by atoms with Gasteiger partial charge in [0.2, 0.25) is 5.91 Å². The molecular formula is C22H22Cl2N2O3. The molecule has 1 N–H and O–H groups in total. The van der Waals surface area contributed by atoms with Crippen molar-refractivity contribution < 1.29 is 14.3 Å². The number of fused-ring (bicyclic) bond motifs is 1. The number of rotatable bonds is 5. The molecule has 1 atom stereocenters. The van der Waals surface area contributed by atoms with Crippen molar-refractivity contribution in [2.75, 3.05) is 11.9 Å². The summed E-state index contributed by atoms with van der Waals surface area (Å²) in [6.45, 7) is 5.80. The number of benzene rings is 2. The van der Waals surface area contributed by atoms with Gasteiger partial charge in [0, 0.05) is 10.6 Å². The zero-order valence-corrected chi connectivity index (χ0v) is 18.0. The number of nitrogens with one attached hydrogen (secondary N) is 1. The van der Waals surface area contributed by atoms with Crippen LogP contribution in [0.15, 0.2) is 47.5 Å². The highest BCUT2D eigenvalue weighted by Crippen LogP contribution is 2.31. The molecule has 0 fully saturated rings. The summed E-state index contributed by atoms with van der Waals surface area (Å²) < 4.78 is 5.21. The number of hydrogen-bond donors (Lipinski definition) is 1. The molecule has 0 bridgehead atoms. The zero-order chi connectivity index (χ0) is 21.2. The van der Waals surface area contributed by atoms with E-state index in [1.807, 2.05) is 38.1 Å². The first-order chi connectivity index (χ1) is 13.7. The largest absolute Gasteiger partial charge is 0.465 e. The Kier molecular flexibility index (Phi) is 6.30. The van der Waals surface area contributed by atoms with Gasteiger partial charge in [0.25, 0.3) is 0 Å². The minimum atomic E-state index is -1.22. The lowest BCUT2D eigenvalue weighted by atomic mass is 9.82.